The highest BCUT2D eigenvalue weighted by Crippen LogP contribution is 2.08. The molecule has 1 rings (SSSR count). The molecule has 126 valence electrons. The number of carbonyl (C=O) groups is 3. The van der Waals surface area contributed by atoms with Gasteiger partial charge >= 0.3 is 6.09 Å². The van der Waals surface area contributed by atoms with E-state index in [1.54, 1.807) is 21.6 Å². The van der Waals surface area contributed by atoms with Crippen LogP contribution in [0.5, 0.6) is 0 Å². The predicted octanol–water partition coefficient (Wildman–Crippen LogP) is 0.934. The number of ether oxygens (including phenoxy) is 1. The smallest absolute Gasteiger partial charge is 0.409 e. The van der Waals surface area contributed by atoms with Crippen LogP contribution >= 0.6 is 0 Å². The monoisotopic (exact) mass is 313 g/mol. The second kappa shape index (κ2) is 8.60. The third kappa shape index (κ3) is 4.89. The van der Waals surface area contributed by atoms with E-state index in [1.807, 2.05) is 13.8 Å². The summed E-state index contributed by atoms with van der Waals surface area (Å²) in [6.07, 6.45) is 0.475. The van der Waals surface area contributed by atoms with Crippen molar-refractivity contribution in [2.75, 3.05) is 39.3 Å². The molecule has 1 saturated heterocycles. The average molecular weight is 313 g/mol. The molecule has 22 heavy (non-hydrogen) atoms. The van der Waals surface area contributed by atoms with Crippen molar-refractivity contribution in [3.05, 3.63) is 0 Å². The van der Waals surface area contributed by atoms with Gasteiger partial charge in [-0.15, -0.1) is 0 Å². The van der Waals surface area contributed by atoms with Crippen molar-refractivity contribution in [3.8, 4) is 0 Å². The van der Waals surface area contributed by atoms with Gasteiger partial charge < -0.3 is 19.4 Å². The molecule has 1 unspecified atom stereocenters. The molecule has 0 radical (unpaired) electrons. The van der Waals surface area contributed by atoms with Crippen LogP contribution in [-0.2, 0) is 14.3 Å². The van der Waals surface area contributed by atoms with Crippen LogP contribution in [0.2, 0.25) is 0 Å². The zero-order chi connectivity index (χ0) is 16.7. The number of piperazine rings is 1. The Morgan fingerprint density at radius 1 is 1.09 bits per heavy atom. The fourth-order valence-corrected chi connectivity index (χ4v) is 2.40. The minimum Gasteiger partial charge on any atom is -0.450 e. The highest BCUT2D eigenvalue weighted by Gasteiger charge is 2.27. The second-order valence-corrected chi connectivity index (χ2v) is 5.47. The summed E-state index contributed by atoms with van der Waals surface area (Å²) in [4.78, 5) is 40.5. The quantitative estimate of drug-likeness (QED) is 0.757. The Balaban J connectivity index is 2.51. The minimum absolute atomic E-state index is 0.0438. The summed E-state index contributed by atoms with van der Waals surface area (Å²) < 4.78 is 4.95. The lowest BCUT2D eigenvalue weighted by Gasteiger charge is -2.36. The fourth-order valence-electron chi connectivity index (χ4n) is 2.40. The van der Waals surface area contributed by atoms with E-state index >= 15 is 0 Å². The van der Waals surface area contributed by atoms with Crippen LogP contribution < -0.4 is 0 Å². The van der Waals surface area contributed by atoms with E-state index in [2.05, 4.69) is 0 Å². The first-order valence-electron chi connectivity index (χ1n) is 7.87. The first-order valence-corrected chi connectivity index (χ1v) is 7.87. The Morgan fingerprint density at radius 2 is 1.64 bits per heavy atom. The second-order valence-electron chi connectivity index (χ2n) is 5.47. The summed E-state index contributed by atoms with van der Waals surface area (Å²) >= 11 is 0. The summed E-state index contributed by atoms with van der Waals surface area (Å²) in [5.74, 6) is -0.160. The van der Waals surface area contributed by atoms with Gasteiger partial charge in [0.15, 0.2) is 0 Å². The molecular formula is C15H27N3O4. The van der Waals surface area contributed by atoms with Crippen LogP contribution in [0.3, 0.4) is 0 Å². The number of nitrogens with zero attached hydrogens (tertiary/aromatic N) is 3. The van der Waals surface area contributed by atoms with Gasteiger partial charge in [-0.05, 0) is 20.3 Å². The summed E-state index contributed by atoms with van der Waals surface area (Å²) in [5, 5.41) is 0. The van der Waals surface area contributed by atoms with Crippen LogP contribution in [-0.4, -0.2) is 78.0 Å². The Morgan fingerprint density at radius 3 is 2.09 bits per heavy atom. The summed E-state index contributed by atoms with van der Waals surface area (Å²) in [7, 11) is 0. The lowest BCUT2D eigenvalue weighted by molar-refractivity contribution is -0.142. The molecule has 1 heterocycles. The third-order valence-corrected chi connectivity index (χ3v) is 3.99. The van der Waals surface area contributed by atoms with Crippen LogP contribution in [0.1, 0.15) is 34.1 Å². The Labute approximate surface area is 132 Å². The van der Waals surface area contributed by atoms with Gasteiger partial charge in [-0.1, -0.05) is 6.92 Å². The molecule has 0 bridgehead atoms. The molecule has 3 amide bonds. The SMILES string of the molecule is CCOC(=O)N1CCN(C(=O)CN(C(C)=O)C(C)CC)CC1. The lowest BCUT2D eigenvalue weighted by atomic mass is 10.2. The van der Waals surface area contributed by atoms with Crippen molar-refractivity contribution >= 4 is 17.9 Å². The fraction of sp³-hybridized carbons (Fsp3) is 0.800. The normalized spacial score (nSPS) is 16.2. The molecule has 7 nitrogen and oxygen atoms in total. The van der Waals surface area contributed by atoms with Crippen molar-refractivity contribution in [2.45, 2.75) is 40.2 Å². The maximum absolute atomic E-state index is 12.3. The molecule has 0 N–H and O–H groups in total. The van der Waals surface area contributed by atoms with Crippen molar-refractivity contribution in [1.29, 1.82) is 0 Å². The molecule has 0 aliphatic carbocycles. The number of amides is 3. The van der Waals surface area contributed by atoms with Gasteiger partial charge in [0.25, 0.3) is 0 Å². The summed E-state index contributed by atoms with van der Waals surface area (Å²) in [6.45, 7) is 9.51. The standard InChI is InChI=1S/C15H27N3O4/c1-5-12(3)18(13(4)19)11-14(20)16-7-9-17(10-8-16)15(21)22-6-2/h12H,5-11H2,1-4H3. The van der Waals surface area contributed by atoms with Crippen molar-refractivity contribution in [2.24, 2.45) is 0 Å². The molecule has 0 aromatic rings. The van der Waals surface area contributed by atoms with Crippen molar-refractivity contribution < 1.29 is 19.1 Å². The summed E-state index contributed by atoms with van der Waals surface area (Å²) in [6, 6.07) is 0.0438. The van der Waals surface area contributed by atoms with Gasteiger partial charge in [-0.25, -0.2) is 4.79 Å². The minimum atomic E-state index is -0.334. The van der Waals surface area contributed by atoms with E-state index in [1.165, 1.54) is 6.92 Å². The Hall–Kier alpha value is -1.79. The van der Waals surface area contributed by atoms with Gasteiger partial charge in [0, 0.05) is 39.1 Å². The predicted molar refractivity (Wildman–Crippen MR) is 82.3 cm³/mol. The molecule has 7 heteroatoms. The van der Waals surface area contributed by atoms with Crippen LogP contribution in [0, 0.1) is 0 Å². The number of hydrogen-bond acceptors (Lipinski definition) is 4. The molecule has 0 spiro atoms. The Kier molecular flexibility index (Phi) is 7.14. The van der Waals surface area contributed by atoms with E-state index in [-0.39, 0.29) is 30.5 Å². The highest BCUT2D eigenvalue weighted by atomic mass is 16.6. The number of rotatable bonds is 5. The van der Waals surface area contributed by atoms with E-state index in [0.29, 0.717) is 32.8 Å². The lowest BCUT2D eigenvalue weighted by Crippen LogP contribution is -2.53. The zero-order valence-corrected chi connectivity index (χ0v) is 14.0. The molecular weight excluding hydrogens is 286 g/mol. The topological polar surface area (TPSA) is 70.2 Å². The third-order valence-electron chi connectivity index (χ3n) is 3.99. The van der Waals surface area contributed by atoms with Gasteiger partial charge in [0.2, 0.25) is 11.8 Å². The molecule has 0 aromatic carbocycles. The maximum Gasteiger partial charge on any atom is 0.409 e. The first kappa shape index (κ1) is 18.3. The molecule has 1 aliphatic heterocycles. The molecule has 0 aromatic heterocycles. The van der Waals surface area contributed by atoms with Crippen molar-refractivity contribution in [3.63, 3.8) is 0 Å². The number of carbonyl (C=O) groups excluding carboxylic acids is 3. The van der Waals surface area contributed by atoms with Crippen molar-refractivity contribution in [1.82, 2.24) is 14.7 Å². The first-order chi connectivity index (χ1) is 10.4. The van der Waals surface area contributed by atoms with Gasteiger partial charge in [-0.3, -0.25) is 9.59 Å². The zero-order valence-electron chi connectivity index (χ0n) is 14.0. The average Bonchev–Trinajstić information content (AvgIpc) is 2.51. The van der Waals surface area contributed by atoms with Crippen LogP contribution in [0.25, 0.3) is 0 Å². The van der Waals surface area contributed by atoms with Gasteiger partial charge in [0.1, 0.15) is 0 Å². The molecule has 1 atom stereocenters. The molecule has 1 aliphatic rings. The maximum atomic E-state index is 12.3. The number of hydrogen-bond donors (Lipinski definition) is 0. The van der Waals surface area contributed by atoms with Gasteiger partial charge in [-0.2, -0.15) is 0 Å². The van der Waals surface area contributed by atoms with Crippen LogP contribution in [0.4, 0.5) is 4.79 Å². The van der Waals surface area contributed by atoms with E-state index in [0.717, 1.165) is 6.42 Å². The van der Waals surface area contributed by atoms with E-state index in [4.69, 9.17) is 4.74 Å². The van der Waals surface area contributed by atoms with E-state index < -0.39 is 0 Å². The highest BCUT2D eigenvalue weighted by molar-refractivity contribution is 5.84. The largest absolute Gasteiger partial charge is 0.450 e. The van der Waals surface area contributed by atoms with Crippen LogP contribution in [0.15, 0.2) is 0 Å². The molecule has 1 fully saturated rings. The Bertz CT molecular complexity index is 406. The van der Waals surface area contributed by atoms with Gasteiger partial charge in [0.05, 0.1) is 13.2 Å². The summed E-state index contributed by atoms with van der Waals surface area (Å²) in [5.41, 5.74) is 0. The van der Waals surface area contributed by atoms with E-state index in [9.17, 15) is 14.4 Å². The molecule has 0 saturated carbocycles.